The smallest absolute Gasteiger partial charge is 0.430 e. The highest BCUT2D eigenvalue weighted by Crippen LogP contribution is 2.42. The molecule has 0 radical (unpaired) electrons. The van der Waals surface area contributed by atoms with Gasteiger partial charge >= 0.3 is 18.1 Å². The molecule has 10 heteroatoms. The van der Waals surface area contributed by atoms with E-state index in [4.69, 9.17) is 0 Å². The first kappa shape index (κ1) is 23.4. The number of amides is 1. The van der Waals surface area contributed by atoms with Crippen molar-refractivity contribution in [3.8, 4) is 0 Å². The van der Waals surface area contributed by atoms with Crippen molar-refractivity contribution in [3.05, 3.63) is 35.9 Å². The molecule has 1 amide bonds. The topological polar surface area (TPSA) is 90.9 Å². The maximum atomic E-state index is 13.9. The Bertz CT molecular complexity index is 694. The Morgan fingerprint density at radius 1 is 1.00 bits per heavy atom. The highest BCUT2D eigenvalue weighted by molar-refractivity contribution is 5.91. The molecule has 0 heterocycles. The number of rotatable bonds is 8. The van der Waals surface area contributed by atoms with E-state index in [1.807, 2.05) is 5.32 Å². The number of alkyl halides is 3. The molecule has 0 aliphatic carbocycles. The van der Waals surface area contributed by atoms with E-state index in [1.54, 1.807) is 0 Å². The number of ether oxygens (including phenoxy) is 3. The van der Waals surface area contributed by atoms with E-state index in [-0.39, 0.29) is 6.42 Å². The molecule has 1 rings (SSSR count). The number of methoxy groups -OCH3 is 3. The zero-order valence-corrected chi connectivity index (χ0v) is 15.8. The predicted octanol–water partition coefficient (Wildman–Crippen LogP) is 1.95. The summed E-state index contributed by atoms with van der Waals surface area (Å²) in [5.74, 6) is -4.19. The molecule has 7 nitrogen and oxygen atoms in total. The molecule has 156 valence electrons. The molecule has 0 aromatic heterocycles. The summed E-state index contributed by atoms with van der Waals surface area (Å²) in [6.07, 6.45) is -5.46. The van der Waals surface area contributed by atoms with E-state index in [0.717, 1.165) is 33.5 Å². The van der Waals surface area contributed by atoms with Crippen molar-refractivity contribution in [2.75, 3.05) is 21.3 Å². The van der Waals surface area contributed by atoms with Gasteiger partial charge in [-0.15, -0.1) is 0 Å². The summed E-state index contributed by atoms with van der Waals surface area (Å²) >= 11 is 0. The summed E-state index contributed by atoms with van der Waals surface area (Å²) in [7, 11) is 2.87. The zero-order chi connectivity index (χ0) is 21.5. The molecule has 3 atom stereocenters. The Morgan fingerprint density at radius 2 is 1.54 bits per heavy atom. The molecular formula is C18H22F3NO6. The van der Waals surface area contributed by atoms with Crippen LogP contribution in [-0.2, 0) is 34.2 Å². The normalized spacial score (nSPS) is 15.7. The van der Waals surface area contributed by atoms with Gasteiger partial charge in [-0.1, -0.05) is 37.3 Å². The van der Waals surface area contributed by atoms with Gasteiger partial charge in [-0.25, -0.2) is 4.79 Å². The van der Waals surface area contributed by atoms with Crippen molar-refractivity contribution < 1.29 is 41.8 Å². The number of carbonyl (C=O) groups is 3. The minimum atomic E-state index is -5.14. The highest BCUT2D eigenvalue weighted by Gasteiger charge is 2.63. The van der Waals surface area contributed by atoms with Crippen LogP contribution in [0.3, 0.4) is 0 Å². The lowest BCUT2D eigenvalue weighted by Crippen LogP contribution is -2.59. The van der Waals surface area contributed by atoms with Gasteiger partial charge in [0.15, 0.2) is 0 Å². The van der Waals surface area contributed by atoms with Crippen molar-refractivity contribution in [2.24, 2.45) is 5.92 Å². The Balaban J connectivity index is 3.30. The first-order chi connectivity index (χ1) is 13.0. The fraction of sp³-hybridized carbons (Fsp3) is 0.500. The van der Waals surface area contributed by atoms with Gasteiger partial charge < -0.3 is 19.5 Å². The third-order valence-corrected chi connectivity index (χ3v) is 4.19. The van der Waals surface area contributed by atoms with Crippen LogP contribution >= 0.6 is 0 Å². The van der Waals surface area contributed by atoms with Crippen LogP contribution in [0.1, 0.15) is 18.9 Å². The third-order valence-electron chi connectivity index (χ3n) is 4.19. The van der Waals surface area contributed by atoms with Gasteiger partial charge in [0.25, 0.3) is 11.5 Å². The summed E-state index contributed by atoms with van der Waals surface area (Å²) in [5.41, 5.74) is -3.82. The van der Waals surface area contributed by atoms with Crippen LogP contribution in [0, 0.1) is 5.92 Å². The maximum absolute atomic E-state index is 13.9. The third kappa shape index (κ3) is 4.80. The average molecular weight is 405 g/mol. The van der Waals surface area contributed by atoms with Crippen LogP contribution in [-0.4, -0.2) is 51.4 Å². The van der Waals surface area contributed by atoms with Crippen molar-refractivity contribution in [3.63, 3.8) is 0 Å². The van der Waals surface area contributed by atoms with Crippen LogP contribution in [0.4, 0.5) is 13.2 Å². The van der Waals surface area contributed by atoms with Crippen LogP contribution in [0.5, 0.6) is 0 Å². The van der Waals surface area contributed by atoms with Crippen molar-refractivity contribution >= 4 is 17.8 Å². The Kier molecular flexibility index (Phi) is 7.98. The summed E-state index contributed by atoms with van der Waals surface area (Å²) in [4.78, 5) is 36.3. The predicted molar refractivity (Wildman–Crippen MR) is 90.9 cm³/mol. The van der Waals surface area contributed by atoms with E-state index in [0.29, 0.717) is 0 Å². The van der Waals surface area contributed by atoms with E-state index < -0.39 is 47.1 Å². The minimum Gasteiger partial charge on any atom is -0.469 e. The molecule has 0 saturated carbocycles. The molecule has 0 saturated heterocycles. The number of nitrogens with one attached hydrogen (secondary N) is 1. The van der Waals surface area contributed by atoms with Gasteiger partial charge in [0, 0.05) is 12.7 Å². The zero-order valence-electron chi connectivity index (χ0n) is 15.8. The minimum absolute atomic E-state index is 0.322. The first-order valence-electron chi connectivity index (χ1n) is 8.19. The van der Waals surface area contributed by atoms with Gasteiger partial charge in [0.1, 0.15) is 6.04 Å². The molecule has 0 unspecified atom stereocenters. The average Bonchev–Trinajstić information content (AvgIpc) is 2.66. The molecule has 1 N–H and O–H groups in total. The monoisotopic (exact) mass is 405 g/mol. The SMILES string of the molecule is COC(=O)[C@H](C)C[C@H](NC(=O)[C@@](OC)(c1ccccc1)C(F)(F)F)C(=O)OC. The number of hydrogen-bond acceptors (Lipinski definition) is 6. The van der Waals surface area contributed by atoms with E-state index >= 15 is 0 Å². The summed E-state index contributed by atoms with van der Waals surface area (Å²) in [6, 6.07) is 4.76. The lowest BCUT2D eigenvalue weighted by atomic mass is 9.90. The van der Waals surface area contributed by atoms with Gasteiger partial charge in [0.05, 0.1) is 20.1 Å². The number of benzene rings is 1. The van der Waals surface area contributed by atoms with E-state index in [1.165, 1.54) is 25.1 Å². The number of hydrogen-bond donors (Lipinski definition) is 1. The first-order valence-corrected chi connectivity index (χ1v) is 8.19. The summed E-state index contributed by atoms with van der Waals surface area (Å²) in [5, 5.41) is 2.01. The van der Waals surface area contributed by atoms with Gasteiger partial charge in [-0.05, 0) is 6.42 Å². The molecule has 0 bridgehead atoms. The van der Waals surface area contributed by atoms with Crippen LogP contribution in [0.15, 0.2) is 30.3 Å². The van der Waals surface area contributed by atoms with Crippen molar-refractivity contribution in [1.82, 2.24) is 5.32 Å². The number of carbonyl (C=O) groups excluding carboxylic acids is 3. The Hall–Kier alpha value is -2.62. The maximum Gasteiger partial charge on any atom is 0.430 e. The van der Waals surface area contributed by atoms with Crippen molar-refractivity contribution in [1.29, 1.82) is 0 Å². The fourth-order valence-electron chi connectivity index (χ4n) is 2.69. The lowest BCUT2D eigenvalue weighted by Gasteiger charge is -2.34. The Morgan fingerprint density at radius 3 is 1.96 bits per heavy atom. The fourth-order valence-corrected chi connectivity index (χ4v) is 2.69. The van der Waals surface area contributed by atoms with E-state index in [9.17, 15) is 27.6 Å². The lowest BCUT2D eigenvalue weighted by molar-refractivity contribution is -0.266. The number of esters is 2. The molecule has 1 aromatic rings. The van der Waals surface area contributed by atoms with Crippen molar-refractivity contribution in [2.45, 2.75) is 31.2 Å². The largest absolute Gasteiger partial charge is 0.469 e. The standard InChI is InChI=1S/C18H22F3NO6/c1-11(14(23)26-2)10-13(15(24)27-3)22-16(25)17(28-4,18(19,20)21)12-8-6-5-7-9-12/h5-9,11,13H,10H2,1-4H3,(H,22,25)/t11-,13+,17+/m1/s1. The molecule has 0 aliphatic rings. The van der Waals surface area contributed by atoms with Crippen LogP contribution < -0.4 is 5.32 Å². The molecule has 1 aromatic carbocycles. The van der Waals surface area contributed by atoms with Gasteiger partial charge in [-0.3, -0.25) is 9.59 Å². The molecule has 28 heavy (non-hydrogen) atoms. The molecule has 0 aliphatic heterocycles. The quantitative estimate of drug-likeness (QED) is 0.665. The summed E-state index contributed by atoms with van der Waals surface area (Å²) < 4.78 is 55.5. The Labute approximate surface area is 160 Å². The second-order valence-corrected chi connectivity index (χ2v) is 5.96. The van der Waals surface area contributed by atoms with E-state index in [2.05, 4.69) is 14.2 Å². The van der Waals surface area contributed by atoms with Crippen LogP contribution in [0.2, 0.25) is 0 Å². The highest BCUT2D eigenvalue weighted by atomic mass is 19.4. The number of halogens is 3. The molecule has 0 fully saturated rings. The van der Waals surface area contributed by atoms with Gasteiger partial charge in [0.2, 0.25) is 0 Å². The molecular weight excluding hydrogens is 383 g/mol. The second-order valence-electron chi connectivity index (χ2n) is 5.96. The summed E-state index contributed by atoms with van der Waals surface area (Å²) in [6.45, 7) is 1.40. The molecule has 0 spiro atoms. The van der Waals surface area contributed by atoms with Crippen LogP contribution in [0.25, 0.3) is 0 Å². The second kappa shape index (κ2) is 9.54. The van der Waals surface area contributed by atoms with Gasteiger partial charge in [-0.2, -0.15) is 13.2 Å².